The Hall–Kier alpha value is -1.62. The van der Waals surface area contributed by atoms with E-state index >= 15 is 0 Å². The number of benzene rings is 1. The van der Waals surface area contributed by atoms with Crippen molar-refractivity contribution in [1.29, 1.82) is 0 Å². The number of para-hydroxylation sites is 1. The first-order chi connectivity index (χ1) is 7.16. The molecule has 15 heavy (non-hydrogen) atoms. The number of amides is 1. The highest BCUT2D eigenvalue weighted by atomic mass is 19.1. The van der Waals surface area contributed by atoms with Gasteiger partial charge in [-0.05, 0) is 6.07 Å². The average Bonchev–Trinajstić information content (AvgIpc) is 2.25. The second kappa shape index (κ2) is 5.31. The van der Waals surface area contributed by atoms with E-state index in [1.807, 2.05) is 0 Å². The van der Waals surface area contributed by atoms with Crippen LogP contribution in [0.25, 0.3) is 0 Å². The van der Waals surface area contributed by atoms with E-state index in [4.69, 9.17) is 11.5 Å². The smallest absolute Gasteiger partial charge is 0.259 e. The van der Waals surface area contributed by atoms with Gasteiger partial charge in [0.05, 0.1) is 0 Å². The molecule has 1 amide bonds. The molecule has 1 rings (SSSR count). The minimum Gasteiger partial charge on any atom is -0.398 e. The van der Waals surface area contributed by atoms with Gasteiger partial charge in [-0.3, -0.25) is 4.79 Å². The van der Waals surface area contributed by atoms with Gasteiger partial charge in [-0.2, -0.15) is 0 Å². The minimum atomic E-state index is -1.74. The van der Waals surface area contributed by atoms with E-state index in [1.54, 1.807) is 18.2 Å². The van der Waals surface area contributed by atoms with Gasteiger partial charge in [-0.15, -0.1) is 0 Å². The van der Waals surface area contributed by atoms with Crippen LogP contribution in [-0.4, -0.2) is 19.0 Å². The fourth-order valence-electron chi connectivity index (χ4n) is 1.17. The van der Waals surface area contributed by atoms with Gasteiger partial charge in [-0.25, -0.2) is 4.39 Å². The molecule has 4 nitrogen and oxygen atoms in total. The Bertz CT molecular complexity index is 343. The molecule has 0 radical (unpaired) electrons. The molecule has 5 heteroatoms. The van der Waals surface area contributed by atoms with Crippen molar-refractivity contribution in [3.05, 3.63) is 29.8 Å². The van der Waals surface area contributed by atoms with Gasteiger partial charge in [0.15, 0.2) is 0 Å². The molecule has 5 N–H and O–H groups in total. The fourth-order valence-corrected chi connectivity index (χ4v) is 1.17. The SMILES string of the molecule is NCCNC(=O)C(F)c1ccccc1N. The van der Waals surface area contributed by atoms with E-state index < -0.39 is 12.1 Å². The van der Waals surface area contributed by atoms with Crippen LogP contribution in [0.15, 0.2) is 24.3 Å². The zero-order chi connectivity index (χ0) is 11.3. The summed E-state index contributed by atoms with van der Waals surface area (Å²) in [6, 6.07) is 6.36. The van der Waals surface area contributed by atoms with Crippen LogP contribution in [0.4, 0.5) is 10.1 Å². The summed E-state index contributed by atoms with van der Waals surface area (Å²) in [5.74, 6) is -0.710. The molecule has 0 saturated carbocycles. The third-order valence-electron chi connectivity index (χ3n) is 1.94. The Morgan fingerprint density at radius 1 is 1.47 bits per heavy atom. The molecule has 0 bridgehead atoms. The summed E-state index contributed by atoms with van der Waals surface area (Å²) in [4.78, 5) is 11.3. The Morgan fingerprint density at radius 2 is 2.13 bits per heavy atom. The molecule has 0 aliphatic heterocycles. The van der Waals surface area contributed by atoms with Crippen LogP contribution in [0, 0.1) is 0 Å². The van der Waals surface area contributed by atoms with Gasteiger partial charge in [0, 0.05) is 24.3 Å². The Labute approximate surface area is 87.4 Å². The van der Waals surface area contributed by atoms with Crippen molar-refractivity contribution in [1.82, 2.24) is 5.32 Å². The van der Waals surface area contributed by atoms with Crippen LogP contribution in [0.5, 0.6) is 0 Å². The van der Waals surface area contributed by atoms with E-state index in [2.05, 4.69) is 5.32 Å². The molecule has 0 spiro atoms. The van der Waals surface area contributed by atoms with Crippen molar-refractivity contribution in [3.63, 3.8) is 0 Å². The Kier molecular flexibility index (Phi) is 4.05. The molecule has 1 unspecified atom stereocenters. The lowest BCUT2D eigenvalue weighted by Crippen LogP contribution is -2.32. The van der Waals surface area contributed by atoms with Gasteiger partial charge in [0.2, 0.25) is 6.17 Å². The first-order valence-corrected chi connectivity index (χ1v) is 4.63. The summed E-state index contributed by atoms with van der Waals surface area (Å²) in [5, 5.41) is 2.36. The Morgan fingerprint density at radius 3 is 2.73 bits per heavy atom. The molecular weight excluding hydrogens is 197 g/mol. The van der Waals surface area contributed by atoms with Crippen LogP contribution in [0.3, 0.4) is 0 Å². The number of hydrogen-bond acceptors (Lipinski definition) is 3. The van der Waals surface area contributed by atoms with Crippen molar-refractivity contribution in [2.75, 3.05) is 18.8 Å². The molecule has 82 valence electrons. The molecule has 1 aromatic rings. The number of nitrogens with one attached hydrogen (secondary N) is 1. The number of halogens is 1. The molecule has 1 aromatic carbocycles. The molecule has 0 saturated heterocycles. The van der Waals surface area contributed by atoms with E-state index in [9.17, 15) is 9.18 Å². The highest BCUT2D eigenvalue weighted by molar-refractivity contribution is 5.83. The number of nitrogens with two attached hydrogens (primary N) is 2. The molecule has 0 aliphatic rings. The van der Waals surface area contributed by atoms with Crippen LogP contribution < -0.4 is 16.8 Å². The predicted octanol–water partition coefficient (Wildman–Crippen LogP) is 0.354. The van der Waals surface area contributed by atoms with Crippen LogP contribution in [-0.2, 0) is 4.79 Å². The number of hydrogen-bond donors (Lipinski definition) is 3. The van der Waals surface area contributed by atoms with Gasteiger partial charge in [0.1, 0.15) is 0 Å². The zero-order valence-electron chi connectivity index (χ0n) is 8.24. The topological polar surface area (TPSA) is 81.1 Å². The lowest BCUT2D eigenvalue weighted by molar-refractivity contribution is -0.126. The maximum absolute atomic E-state index is 13.6. The van der Waals surface area contributed by atoms with Gasteiger partial charge < -0.3 is 16.8 Å². The summed E-state index contributed by atoms with van der Waals surface area (Å²) >= 11 is 0. The highest BCUT2D eigenvalue weighted by Gasteiger charge is 2.20. The van der Waals surface area contributed by atoms with Gasteiger partial charge in [-0.1, -0.05) is 18.2 Å². The standard InChI is InChI=1S/C10H14FN3O/c11-9(10(15)14-6-5-12)7-3-1-2-4-8(7)13/h1-4,9H,5-6,12-13H2,(H,14,15). The molecule has 0 fully saturated rings. The molecule has 1 atom stereocenters. The van der Waals surface area contributed by atoms with Crippen molar-refractivity contribution >= 4 is 11.6 Å². The predicted molar refractivity (Wildman–Crippen MR) is 56.8 cm³/mol. The lowest BCUT2D eigenvalue weighted by Gasteiger charge is -2.10. The maximum Gasteiger partial charge on any atom is 0.259 e. The molecule has 0 heterocycles. The van der Waals surface area contributed by atoms with E-state index in [0.717, 1.165) is 0 Å². The first-order valence-electron chi connectivity index (χ1n) is 4.63. The van der Waals surface area contributed by atoms with Crippen molar-refractivity contribution in [2.45, 2.75) is 6.17 Å². The van der Waals surface area contributed by atoms with E-state index in [1.165, 1.54) is 6.07 Å². The number of carbonyl (C=O) groups is 1. The summed E-state index contributed by atoms with van der Waals surface area (Å²) in [7, 11) is 0. The third-order valence-corrected chi connectivity index (χ3v) is 1.94. The van der Waals surface area contributed by atoms with Gasteiger partial charge in [0.25, 0.3) is 5.91 Å². The quantitative estimate of drug-likeness (QED) is 0.629. The maximum atomic E-state index is 13.6. The first kappa shape index (κ1) is 11.5. The number of carbonyl (C=O) groups excluding carboxylic acids is 1. The fraction of sp³-hybridized carbons (Fsp3) is 0.300. The third kappa shape index (κ3) is 2.92. The summed E-state index contributed by atoms with van der Waals surface area (Å²) in [6.07, 6.45) is -1.74. The monoisotopic (exact) mass is 211 g/mol. The van der Waals surface area contributed by atoms with Crippen molar-refractivity contribution in [3.8, 4) is 0 Å². The number of alkyl halides is 1. The van der Waals surface area contributed by atoms with Crippen molar-refractivity contribution < 1.29 is 9.18 Å². The Balaban J connectivity index is 2.72. The number of nitrogen functional groups attached to an aromatic ring is 1. The van der Waals surface area contributed by atoms with Crippen LogP contribution in [0.1, 0.15) is 11.7 Å². The number of anilines is 1. The normalized spacial score (nSPS) is 12.1. The second-order valence-corrected chi connectivity index (χ2v) is 3.07. The minimum absolute atomic E-state index is 0.187. The van der Waals surface area contributed by atoms with Gasteiger partial charge >= 0.3 is 0 Å². The summed E-state index contributed by atoms with van der Waals surface area (Å²) in [5.41, 5.74) is 11.2. The summed E-state index contributed by atoms with van der Waals surface area (Å²) < 4.78 is 13.6. The highest BCUT2D eigenvalue weighted by Crippen LogP contribution is 2.23. The second-order valence-electron chi connectivity index (χ2n) is 3.07. The van der Waals surface area contributed by atoms with E-state index in [-0.39, 0.29) is 24.3 Å². The van der Waals surface area contributed by atoms with Crippen LogP contribution in [0.2, 0.25) is 0 Å². The molecule has 0 aromatic heterocycles. The average molecular weight is 211 g/mol. The molecule has 0 aliphatic carbocycles. The summed E-state index contributed by atoms with van der Waals surface area (Å²) in [6.45, 7) is 0.536. The van der Waals surface area contributed by atoms with Crippen molar-refractivity contribution in [2.24, 2.45) is 5.73 Å². The molecular formula is C10H14FN3O. The zero-order valence-corrected chi connectivity index (χ0v) is 8.24. The lowest BCUT2D eigenvalue weighted by atomic mass is 10.1. The number of rotatable bonds is 4. The largest absolute Gasteiger partial charge is 0.398 e. The van der Waals surface area contributed by atoms with Crippen LogP contribution >= 0.6 is 0 Å². The van der Waals surface area contributed by atoms with E-state index in [0.29, 0.717) is 0 Å².